The minimum Gasteiger partial charge on any atom is -0.456 e. The molecule has 0 saturated carbocycles. The molecule has 48 heavy (non-hydrogen) atoms. The molecular weight excluding hydrogens is 587 g/mol. The van der Waals surface area contributed by atoms with E-state index in [1.807, 2.05) is 36.4 Å². The maximum atomic E-state index is 6.64. The first kappa shape index (κ1) is 26.7. The Morgan fingerprint density at radius 3 is 1.98 bits per heavy atom. The number of aromatic nitrogens is 3. The smallest absolute Gasteiger partial charge is 0.160 e. The highest BCUT2D eigenvalue weighted by Crippen LogP contribution is 2.42. The van der Waals surface area contributed by atoms with Gasteiger partial charge in [0, 0.05) is 49.8 Å². The molecule has 0 aliphatic rings. The van der Waals surface area contributed by atoms with Crippen molar-refractivity contribution in [2.24, 2.45) is 0 Å². The molecule has 3 aromatic heterocycles. The average molecular weight is 614 g/mol. The van der Waals surface area contributed by atoms with E-state index in [0.29, 0.717) is 5.82 Å². The summed E-state index contributed by atoms with van der Waals surface area (Å²) in [4.78, 5) is 10.1. The zero-order valence-electron chi connectivity index (χ0n) is 25.8. The number of para-hydroxylation sites is 2. The van der Waals surface area contributed by atoms with Crippen LogP contribution in [0.1, 0.15) is 0 Å². The fraction of sp³-hybridized carbons (Fsp3) is 0. The SMILES string of the molecule is c1ccc(-c2nc(-c3cccc4oc5cc(-n6c7ccccc7c7c(-c8ccccc8)cccc76)ccc5c34)c3ccccc3n2)cc1. The number of nitrogens with zero attached hydrogens (tertiary/aromatic N) is 3. The van der Waals surface area contributed by atoms with Gasteiger partial charge in [0.2, 0.25) is 0 Å². The molecule has 4 heteroatoms. The van der Waals surface area contributed by atoms with Crippen molar-refractivity contribution in [3.8, 4) is 39.5 Å². The Morgan fingerprint density at radius 2 is 1.12 bits per heavy atom. The largest absolute Gasteiger partial charge is 0.456 e. The van der Waals surface area contributed by atoms with Crippen LogP contribution in [0.5, 0.6) is 0 Å². The molecule has 0 N–H and O–H groups in total. The third kappa shape index (κ3) is 4.03. The zero-order valence-corrected chi connectivity index (χ0v) is 25.8. The molecule has 0 saturated heterocycles. The van der Waals surface area contributed by atoms with Crippen LogP contribution in [0.25, 0.3) is 94.1 Å². The van der Waals surface area contributed by atoms with Crippen LogP contribution in [0.2, 0.25) is 0 Å². The van der Waals surface area contributed by atoms with Crippen molar-refractivity contribution < 1.29 is 4.42 Å². The Labute approximate surface area is 276 Å². The molecule has 0 aliphatic carbocycles. The fourth-order valence-electron chi connectivity index (χ4n) is 7.30. The highest BCUT2D eigenvalue weighted by molar-refractivity contribution is 6.17. The molecule has 0 radical (unpaired) electrons. The Bertz CT molecular complexity index is 2830. The summed E-state index contributed by atoms with van der Waals surface area (Å²) in [5.74, 6) is 0.706. The predicted molar refractivity (Wildman–Crippen MR) is 197 cm³/mol. The second kappa shape index (κ2) is 10.5. The number of hydrogen-bond donors (Lipinski definition) is 0. The third-order valence-electron chi connectivity index (χ3n) is 9.41. The van der Waals surface area contributed by atoms with E-state index >= 15 is 0 Å². The Hall–Kier alpha value is -6.52. The van der Waals surface area contributed by atoms with Crippen molar-refractivity contribution in [2.45, 2.75) is 0 Å². The topological polar surface area (TPSA) is 43.9 Å². The molecule has 0 fully saturated rings. The molecule has 7 aromatic carbocycles. The first-order valence-electron chi connectivity index (χ1n) is 16.2. The highest BCUT2D eigenvalue weighted by atomic mass is 16.3. The van der Waals surface area contributed by atoms with Crippen LogP contribution in [0, 0.1) is 0 Å². The summed E-state index contributed by atoms with van der Waals surface area (Å²) in [5, 5.41) is 5.59. The summed E-state index contributed by atoms with van der Waals surface area (Å²) in [7, 11) is 0. The minimum atomic E-state index is 0.706. The molecule has 0 spiro atoms. The Balaban J connectivity index is 1.20. The molecular formula is C44H27N3O. The Morgan fingerprint density at radius 1 is 0.438 bits per heavy atom. The van der Waals surface area contributed by atoms with Gasteiger partial charge in [0.05, 0.1) is 22.2 Å². The third-order valence-corrected chi connectivity index (χ3v) is 9.41. The molecule has 0 unspecified atom stereocenters. The van der Waals surface area contributed by atoms with E-state index in [1.165, 1.54) is 21.9 Å². The summed E-state index contributed by atoms with van der Waals surface area (Å²) in [6.07, 6.45) is 0. The molecule has 224 valence electrons. The quantitative estimate of drug-likeness (QED) is 0.198. The molecule has 10 rings (SSSR count). The van der Waals surface area contributed by atoms with Crippen LogP contribution in [0.4, 0.5) is 0 Å². The van der Waals surface area contributed by atoms with E-state index in [1.54, 1.807) is 0 Å². The highest BCUT2D eigenvalue weighted by Gasteiger charge is 2.20. The van der Waals surface area contributed by atoms with E-state index in [9.17, 15) is 0 Å². The number of furan rings is 1. The van der Waals surface area contributed by atoms with Crippen LogP contribution in [-0.2, 0) is 0 Å². The molecule has 3 heterocycles. The van der Waals surface area contributed by atoms with Crippen molar-refractivity contribution in [1.29, 1.82) is 0 Å². The second-order valence-corrected chi connectivity index (χ2v) is 12.2. The average Bonchev–Trinajstić information content (AvgIpc) is 3.70. The van der Waals surface area contributed by atoms with Crippen molar-refractivity contribution in [3.05, 3.63) is 164 Å². The molecule has 10 aromatic rings. The van der Waals surface area contributed by atoms with Gasteiger partial charge in [-0.2, -0.15) is 0 Å². The van der Waals surface area contributed by atoms with E-state index in [0.717, 1.165) is 66.4 Å². The van der Waals surface area contributed by atoms with Gasteiger partial charge in [0.15, 0.2) is 5.82 Å². The van der Waals surface area contributed by atoms with Gasteiger partial charge in [-0.25, -0.2) is 9.97 Å². The lowest BCUT2D eigenvalue weighted by Crippen LogP contribution is -1.95. The van der Waals surface area contributed by atoms with Crippen LogP contribution in [0.3, 0.4) is 0 Å². The van der Waals surface area contributed by atoms with E-state index in [-0.39, 0.29) is 0 Å². The summed E-state index contributed by atoms with van der Waals surface area (Å²) >= 11 is 0. The van der Waals surface area contributed by atoms with Crippen LogP contribution in [-0.4, -0.2) is 14.5 Å². The normalized spacial score (nSPS) is 11.8. The van der Waals surface area contributed by atoms with Gasteiger partial charge in [-0.15, -0.1) is 0 Å². The number of hydrogen-bond acceptors (Lipinski definition) is 3. The summed E-state index contributed by atoms with van der Waals surface area (Å²) in [6, 6.07) is 57.1. The summed E-state index contributed by atoms with van der Waals surface area (Å²) in [5.41, 5.74) is 11.3. The van der Waals surface area contributed by atoms with Gasteiger partial charge in [0.1, 0.15) is 11.2 Å². The number of fused-ring (bicyclic) bond motifs is 7. The minimum absolute atomic E-state index is 0.706. The monoisotopic (exact) mass is 613 g/mol. The van der Waals surface area contributed by atoms with E-state index < -0.39 is 0 Å². The van der Waals surface area contributed by atoms with Crippen molar-refractivity contribution in [3.63, 3.8) is 0 Å². The maximum absolute atomic E-state index is 6.64. The van der Waals surface area contributed by atoms with Gasteiger partial charge in [-0.3, -0.25) is 0 Å². The lowest BCUT2D eigenvalue weighted by Gasteiger charge is -2.11. The molecule has 0 atom stereocenters. The van der Waals surface area contributed by atoms with Gasteiger partial charge in [0.25, 0.3) is 0 Å². The molecule has 4 nitrogen and oxygen atoms in total. The first-order valence-corrected chi connectivity index (χ1v) is 16.2. The van der Waals surface area contributed by atoms with Crippen LogP contribution in [0.15, 0.2) is 168 Å². The number of rotatable bonds is 4. The zero-order chi connectivity index (χ0) is 31.6. The fourth-order valence-corrected chi connectivity index (χ4v) is 7.30. The van der Waals surface area contributed by atoms with E-state index in [4.69, 9.17) is 14.4 Å². The number of benzene rings is 7. The summed E-state index contributed by atoms with van der Waals surface area (Å²) in [6.45, 7) is 0. The molecule has 0 amide bonds. The van der Waals surface area contributed by atoms with Crippen molar-refractivity contribution in [2.75, 3.05) is 0 Å². The van der Waals surface area contributed by atoms with E-state index in [2.05, 4.69) is 132 Å². The summed E-state index contributed by atoms with van der Waals surface area (Å²) < 4.78 is 9.00. The van der Waals surface area contributed by atoms with Crippen LogP contribution < -0.4 is 0 Å². The Kier molecular flexibility index (Phi) is 5.84. The predicted octanol–water partition coefficient (Wildman–Crippen LogP) is 11.6. The lowest BCUT2D eigenvalue weighted by molar-refractivity contribution is 0.668. The van der Waals surface area contributed by atoms with Gasteiger partial charge >= 0.3 is 0 Å². The lowest BCUT2D eigenvalue weighted by atomic mass is 9.99. The van der Waals surface area contributed by atoms with Gasteiger partial charge in [-0.1, -0.05) is 121 Å². The molecule has 0 bridgehead atoms. The van der Waals surface area contributed by atoms with Crippen molar-refractivity contribution in [1.82, 2.24) is 14.5 Å². The standard InChI is InChI=1S/C44H27N3O/c1-3-13-28(14-4-1)31-19-11-23-38-41(31)33-18-8-10-22-37(33)47(38)30-25-26-34-40(27-30)48-39-24-12-20-35(42(34)39)43-32-17-7-9-21-36(32)45-44(46-43)29-15-5-2-6-16-29/h1-27H. The van der Waals surface area contributed by atoms with Crippen LogP contribution >= 0.6 is 0 Å². The maximum Gasteiger partial charge on any atom is 0.160 e. The van der Waals surface area contributed by atoms with Crippen molar-refractivity contribution >= 4 is 54.6 Å². The second-order valence-electron chi connectivity index (χ2n) is 12.2. The van der Waals surface area contributed by atoms with Gasteiger partial charge in [-0.05, 0) is 47.5 Å². The first-order chi connectivity index (χ1) is 23.8. The van der Waals surface area contributed by atoms with Gasteiger partial charge < -0.3 is 8.98 Å². The molecule has 0 aliphatic heterocycles.